The number of furan rings is 1. The maximum Gasteiger partial charge on any atom is 0.217 e. The standard InChI is InChI=1S/C27H20NO.C5H8O2.Ir/c1-18-8-6-9-19(2)26(18)25-17-23-14-15-24(28-27(23)29-25)22-13-7-12-21(16-22)20-10-4-3-5-11-20;1-4(6)3-5(2)7;/h3-12,14-17H,1-2H3;3,6H,1-2H3;/q-1;;/b;4-3-;. The fourth-order valence-corrected chi connectivity index (χ4v) is 4.11. The van der Waals surface area contributed by atoms with Gasteiger partial charge in [-0.15, -0.1) is 35.4 Å². The molecule has 5 heteroatoms. The van der Waals surface area contributed by atoms with E-state index in [2.05, 4.69) is 74.5 Å². The molecule has 3 aromatic carbocycles. The van der Waals surface area contributed by atoms with Crippen molar-refractivity contribution in [2.75, 3.05) is 0 Å². The van der Waals surface area contributed by atoms with E-state index in [1.807, 2.05) is 30.3 Å². The summed E-state index contributed by atoms with van der Waals surface area (Å²) in [7, 11) is 0. The summed E-state index contributed by atoms with van der Waals surface area (Å²) in [4.78, 5) is 14.8. The predicted molar refractivity (Wildman–Crippen MR) is 146 cm³/mol. The number of nitrogens with zero attached hydrogens (tertiary/aromatic N) is 1. The third-order valence-corrected chi connectivity index (χ3v) is 5.71. The van der Waals surface area contributed by atoms with E-state index in [-0.39, 0.29) is 31.6 Å². The van der Waals surface area contributed by atoms with Crippen LogP contribution >= 0.6 is 0 Å². The Bertz CT molecular complexity index is 1530. The summed E-state index contributed by atoms with van der Waals surface area (Å²) in [6.45, 7) is 7.07. The van der Waals surface area contributed by atoms with E-state index in [9.17, 15) is 4.79 Å². The second-order valence-corrected chi connectivity index (χ2v) is 8.72. The molecule has 1 N–H and O–H groups in total. The number of hydrogen-bond donors (Lipinski definition) is 1. The van der Waals surface area contributed by atoms with Crippen molar-refractivity contribution in [1.29, 1.82) is 0 Å². The average molecular weight is 667 g/mol. The number of carbonyl (C=O) groups excluding carboxylic acids is 1. The number of hydrogen-bond acceptors (Lipinski definition) is 4. The molecule has 0 fully saturated rings. The van der Waals surface area contributed by atoms with Gasteiger partial charge in [0, 0.05) is 37.1 Å². The fourth-order valence-electron chi connectivity index (χ4n) is 4.11. The number of aliphatic hydroxyl groups excluding tert-OH is 1. The molecule has 0 aliphatic heterocycles. The quantitative estimate of drug-likeness (QED) is 0.119. The SMILES string of the molecule is CC(=O)/C=C(/C)O.Cc1cccc(C)c1-c1cc2ccc(-c3[c-]ccc(-c4ccccc4)c3)nc2o1.[Ir]. The van der Waals surface area contributed by atoms with Crippen LogP contribution in [0.3, 0.4) is 0 Å². The molecule has 0 saturated heterocycles. The van der Waals surface area contributed by atoms with Gasteiger partial charge in [0.25, 0.3) is 0 Å². The van der Waals surface area contributed by atoms with Crippen molar-refractivity contribution in [3.05, 3.63) is 114 Å². The van der Waals surface area contributed by atoms with Crippen molar-refractivity contribution in [2.45, 2.75) is 27.7 Å². The van der Waals surface area contributed by atoms with E-state index in [4.69, 9.17) is 14.5 Å². The molecule has 0 atom stereocenters. The molecule has 0 aliphatic rings. The van der Waals surface area contributed by atoms with Gasteiger partial charge < -0.3 is 9.52 Å². The maximum absolute atomic E-state index is 10.0. The number of aliphatic hydroxyl groups is 1. The van der Waals surface area contributed by atoms with Crippen molar-refractivity contribution in [2.24, 2.45) is 0 Å². The van der Waals surface area contributed by atoms with Crippen LogP contribution in [0.4, 0.5) is 0 Å². The molecular weight excluding hydrogens is 639 g/mol. The maximum atomic E-state index is 10.0. The Hall–Kier alpha value is -3.79. The van der Waals surface area contributed by atoms with Crippen molar-refractivity contribution >= 4 is 16.9 Å². The van der Waals surface area contributed by atoms with Crippen molar-refractivity contribution in [1.82, 2.24) is 4.98 Å². The summed E-state index contributed by atoms with van der Waals surface area (Å²) >= 11 is 0. The second kappa shape index (κ2) is 12.4. The minimum Gasteiger partial charge on any atom is -0.512 e. The minimum atomic E-state index is -0.125. The molecule has 1 radical (unpaired) electrons. The molecule has 2 aromatic heterocycles. The topological polar surface area (TPSA) is 63.3 Å². The summed E-state index contributed by atoms with van der Waals surface area (Å²) in [5.74, 6) is 0.801. The van der Waals surface area contributed by atoms with Gasteiger partial charge in [-0.3, -0.25) is 9.78 Å². The van der Waals surface area contributed by atoms with Gasteiger partial charge >= 0.3 is 0 Å². The molecule has 0 saturated carbocycles. The number of fused-ring (bicyclic) bond motifs is 1. The summed E-state index contributed by atoms with van der Waals surface area (Å²) < 4.78 is 6.17. The Balaban J connectivity index is 0.000000422. The molecule has 0 bridgehead atoms. The molecule has 2 heterocycles. The number of pyridine rings is 1. The van der Waals surface area contributed by atoms with Crippen LogP contribution < -0.4 is 0 Å². The molecule has 0 amide bonds. The van der Waals surface area contributed by atoms with Crippen LogP contribution in [0.1, 0.15) is 25.0 Å². The normalized spacial score (nSPS) is 10.9. The van der Waals surface area contributed by atoms with Crippen molar-refractivity contribution < 1.29 is 34.4 Å². The molecule has 37 heavy (non-hydrogen) atoms. The number of rotatable bonds is 4. The van der Waals surface area contributed by atoms with E-state index >= 15 is 0 Å². The van der Waals surface area contributed by atoms with Crippen LogP contribution in [0, 0.1) is 19.9 Å². The summed E-state index contributed by atoms with van der Waals surface area (Å²) in [5, 5.41) is 9.37. The van der Waals surface area contributed by atoms with E-state index in [0.29, 0.717) is 5.71 Å². The third-order valence-electron chi connectivity index (χ3n) is 5.71. The van der Waals surface area contributed by atoms with Gasteiger partial charge in [0.1, 0.15) is 5.76 Å². The summed E-state index contributed by atoms with van der Waals surface area (Å²) in [5.41, 5.74) is 8.34. The van der Waals surface area contributed by atoms with Gasteiger partial charge in [-0.2, -0.15) is 0 Å². The van der Waals surface area contributed by atoms with Crippen LogP contribution in [-0.2, 0) is 24.9 Å². The molecule has 5 aromatic rings. The number of carbonyl (C=O) groups is 1. The first-order valence-corrected chi connectivity index (χ1v) is 11.7. The first-order valence-electron chi connectivity index (χ1n) is 11.7. The Morgan fingerprint density at radius 2 is 1.59 bits per heavy atom. The zero-order valence-electron chi connectivity index (χ0n) is 21.2. The van der Waals surface area contributed by atoms with Crippen LogP contribution in [0.5, 0.6) is 0 Å². The summed E-state index contributed by atoms with van der Waals surface area (Å²) in [6.07, 6.45) is 1.17. The molecule has 5 rings (SSSR count). The smallest absolute Gasteiger partial charge is 0.217 e. The van der Waals surface area contributed by atoms with Crippen LogP contribution in [-0.4, -0.2) is 15.9 Å². The van der Waals surface area contributed by atoms with Crippen LogP contribution in [0.15, 0.2) is 101 Å². The number of benzene rings is 3. The zero-order valence-corrected chi connectivity index (χ0v) is 23.6. The molecule has 0 unspecified atom stereocenters. The van der Waals surface area contributed by atoms with Crippen LogP contribution in [0.25, 0.3) is 44.8 Å². The van der Waals surface area contributed by atoms with Gasteiger partial charge in [0.05, 0.1) is 5.76 Å². The van der Waals surface area contributed by atoms with Gasteiger partial charge in [0.2, 0.25) is 5.71 Å². The first kappa shape index (κ1) is 27.8. The molecule has 4 nitrogen and oxygen atoms in total. The Labute approximate surface area is 231 Å². The largest absolute Gasteiger partial charge is 0.512 e. The van der Waals surface area contributed by atoms with Crippen molar-refractivity contribution in [3.63, 3.8) is 0 Å². The van der Waals surface area contributed by atoms with Gasteiger partial charge in [-0.25, -0.2) is 0 Å². The predicted octanol–water partition coefficient (Wildman–Crippen LogP) is 8.28. The van der Waals surface area contributed by atoms with Crippen LogP contribution in [0.2, 0.25) is 0 Å². The average Bonchev–Trinajstić information content (AvgIpc) is 3.27. The molecule has 189 valence electrons. The molecule has 0 aliphatic carbocycles. The van der Waals surface area contributed by atoms with Gasteiger partial charge in [-0.1, -0.05) is 60.7 Å². The fraction of sp³-hybridized carbons (Fsp3) is 0.125. The van der Waals surface area contributed by atoms with E-state index in [1.165, 1.54) is 36.6 Å². The minimum absolute atomic E-state index is 0. The van der Waals surface area contributed by atoms with E-state index in [1.54, 1.807) is 0 Å². The second-order valence-electron chi connectivity index (χ2n) is 8.72. The Kier molecular flexibility index (Phi) is 9.35. The van der Waals surface area contributed by atoms with Gasteiger partial charge in [-0.05, 0) is 56.1 Å². The first-order chi connectivity index (χ1) is 17.3. The Morgan fingerprint density at radius 1 is 0.892 bits per heavy atom. The zero-order chi connectivity index (χ0) is 25.7. The molecular formula is C32H28IrNO3-. The van der Waals surface area contributed by atoms with E-state index < -0.39 is 0 Å². The summed E-state index contributed by atoms with van der Waals surface area (Å²) in [6, 6.07) is 32.3. The third kappa shape index (κ3) is 6.91. The van der Waals surface area contributed by atoms with Gasteiger partial charge in [0.15, 0.2) is 5.78 Å². The number of allylic oxidation sites excluding steroid dienone is 2. The van der Waals surface area contributed by atoms with Crippen molar-refractivity contribution in [3.8, 4) is 33.7 Å². The van der Waals surface area contributed by atoms with E-state index in [0.717, 1.165) is 33.5 Å². The Morgan fingerprint density at radius 3 is 2.22 bits per heavy atom. The number of ketones is 1. The number of aryl methyl sites for hydroxylation is 2. The molecule has 0 spiro atoms. The number of aromatic nitrogens is 1. The monoisotopic (exact) mass is 667 g/mol.